The van der Waals surface area contributed by atoms with Gasteiger partial charge in [0.2, 0.25) is 10.0 Å². The zero-order chi connectivity index (χ0) is 15.1. The van der Waals surface area contributed by atoms with E-state index in [1.165, 1.54) is 4.68 Å². The summed E-state index contributed by atoms with van der Waals surface area (Å²) in [5.74, 6) is 0.0626. The van der Waals surface area contributed by atoms with Gasteiger partial charge in [0.15, 0.2) is 5.82 Å². The Labute approximate surface area is 120 Å². The van der Waals surface area contributed by atoms with Gasteiger partial charge in [0, 0.05) is 13.1 Å². The van der Waals surface area contributed by atoms with Crippen molar-refractivity contribution in [3.05, 3.63) is 5.69 Å². The van der Waals surface area contributed by atoms with Crippen LogP contribution in [0.2, 0.25) is 0 Å². The lowest BCUT2D eigenvalue weighted by atomic mass is 9.75. The molecule has 1 atom stereocenters. The Balaban J connectivity index is 2.23. The van der Waals surface area contributed by atoms with E-state index in [9.17, 15) is 8.42 Å². The van der Waals surface area contributed by atoms with Crippen molar-refractivity contribution in [2.24, 2.45) is 12.5 Å². The second-order valence-corrected chi connectivity index (χ2v) is 8.15. The maximum atomic E-state index is 12.5. The Bertz CT molecular complexity index is 604. The largest absolute Gasteiger partial charge is 0.381 e. The molecule has 114 valence electrons. The van der Waals surface area contributed by atoms with Gasteiger partial charge in [-0.3, -0.25) is 4.68 Å². The summed E-state index contributed by atoms with van der Waals surface area (Å²) in [6.07, 6.45) is 3.91. The van der Waals surface area contributed by atoms with Gasteiger partial charge in [0.25, 0.3) is 0 Å². The number of nitrogen functional groups attached to an aromatic ring is 1. The standard InChI is InChI=1S/C13H24N4O2S/c1-9-11(12(14)15-17(9)4)20(18,19)16-10-6-5-7-13(2,3)8-10/h10,16H,5-8H2,1-4H3,(H2,14,15). The number of nitrogens with one attached hydrogen (secondary N) is 1. The number of anilines is 1. The summed E-state index contributed by atoms with van der Waals surface area (Å²) in [7, 11) is -1.92. The van der Waals surface area contributed by atoms with Crippen LogP contribution in [0.25, 0.3) is 0 Å². The van der Waals surface area contributed by atoms with Gasteiger partial charge in [-0.05, 0) is 31.6 Å². The van der Waals surface area contributed by atoms with Crippen molar-refractivity contribution in [2.45, 2.75) is 57.4 Å². The summed E-state index contributed by atoms with van der Waals surface area (Å²) < 4.78 is 29.3. The first-order valence-electron chi connectivity index (χ1n) is 6.94. The van der Waals surface area contributed by atoms with Gasteiger partial charge in [-0.1, -0.05) is 20.3 Å². The number of sulfonamides is 1. The Morgan fingerprint density at radius 3 is 2.60 bits per heavy atom. The van der Waals surface area contributed by atoms with Crippen LogP contribution in [0.4, 0.5) is 5.82 Å². The highest BCUT2D eigenvalue weighted by atomic mass is 32.2. The molecule has 0 bridgehead atoms. The fourth-order valence-corrected chi connectivity index (χ4v) is 4.62. The van der Waals surface area contributed by atoms with E-state index in [1.807, 2.05) is 0 Å². The Kier molecular flexibility index (Phi) is 3.85. The molecule has 1 aromatic heterocycles. The van der Waals surface area contributed by atoms with Crippen LogP contribution in [0, 0.1) is 12.3 Å². The molecule has 0 aromatic carbocycles. The number of aromatic nitrogens is 2. The van der Waals surface area contributed by atoms with Crippen molar-refractivity contribution >= 4 is 15.8 Å². The molecular formula is C13H24N4O2S. The topological polar surface area (TPSA) is 90.0 Å². The van der Waals surface area contributed by atoms with Crippen LogP contribution in [0.5, 0.6) is 0 Å². The number of hydrogen-bond acceptors (Lipinski definition) is 4. The number of nitrogens with two attached hydrogens (primary N) is 1. The van der Waals surface area contributed by atoms with Crippen molar-refractivity contribution in [3.8, 4) is 0 Å². The summed E-state index contributed by atoms with van der Waals surface area (Å²) >= 11 is 0. The molecule has 3 N–H and O–H groups in total. The average molecular weight is 300 g/mol. The van der Waals surface area contributed by atoms with E-state index in [1.54, 1.807) is 14.0 Å². The molecule has 7 heteroatoms. The Morgan fingerprint density at radius 2 is 2.10 bits per heavy atom. The maximum Gasteiger partial charge on any atom is 0.246 e. The molecule has 2 rings (SSSR count). The second kappa shape index (κ2) is 5.04. The van der Waals surface area contributed by atoms with E-state index in [2.05, 4.69) is 23.7 Å². The van der Waals surface area contributed by atoms with E-state index in [4.69, 9.17) is 5.73 Å². The van der Waals surface area contributed by atoms with Gasteiger partial charge in [0.1, 0.15) is 4.90 Å². The summed E-state index contributed by atoms with van der Waals surface area (Å²) in [5.41, 5.74) is 6.48. The lowest BCUT2D eigenvalue weighted by molar-refractivity contribution is 0.212. The van der Waals surface area contributed by atoms with Crippen molar-refractivity contribution in [1.29, 1.82) is 0 Å². The third kappa shape index (κ3) is 2.98. The minimum absolute atomic E-state index is 0.0252. The molecule has 1 aromatic rings. The summed E-state index contributed by atoms with van der Waals surface area (Å²) in [5, 5.41) is 3.97. The van der Waals surface area contributed by atoms with Gasteiger partial charge < -0.3 is 5.73 Å². The lowest BCUT2D eigenvalue weighted by Gasteiger charge is -2.35. The molecular weight excluding hydrogens is 276 g/mol. The number of rotatable bonds is 3. The zero-order valence-electron chi connectivity index (χ0n) is 12.6. The summed E-state index contributed by atoms with van der Waals surface area (Å²) in [6, 6.07) is -0.0252. The third-order valence-corrected chi connectivity index (χ3v) is 5.79. The fraction of sp³-hybridized carbons (Fsp3) is 0.769. The van der Waals surface area contributed by atoms with Crippen molar-refractivity contribution < 1.29 is 8.42 Å². The fourth-order valence-electron chi connectivity index (χ4n) is 3.02. The molecule has 0 radical (unpaired) electrons. The number of hydrogen-bond donors (Lipinski definition) is 2. The molecule has 1 heterocycles. The predicted molar refractivity (Wildman–Crippen MR) is 78.7 cm³/mol. The predicted octanol–water partition coefficient (Wildman–Crippen LogP) is 1.56. The van der Waals surface area contributed by atoms with Gasteiger partial charge in [0.05, 0.1) is 5.69 Å². The van der Waals surface area contributed by atoms with Gasteiger partial charge in [-0.2, -0.15) is 5.10 Å². The maximum absolute atomic E-state index is 12.5. The molecule has 1 unspecified atom stereocenters. The zero-order valence-corrected chi connectivity index (χ0v) is 13.4. The minimum atomic E-state index is -3.61. The van der Waals surface area contributed by atoms with E-state index in [0.29, 0.717) is 5.69 Å². The smallest absolute Gasteiger partial charge is 0.246 e. The van der Waals surface area contributed by atoms with Crippen LogP contribution in [-0.2, 0) is 17.1 Å². The average Bonchev–Trinajstić information content (AvgIpc) is 2.50. The van der Waals surface area contributed by atoms with Crippen molar-refractivity contribution in [3.63, 3.8) is 0 Å². The molecule has 1 fully saturated rings. The third-order valence-electron chi connectivity index (χ3n) is 4.10. The Morgan fingerprint density at radius 1 is 1.45 bits per heavy atom. The monoisotopic (exact) mass is 300 g/mol. The highest BCUT2D eigenvalue weighted by Gasteiger charge is 2.33. The van der Waals surface area contributed by atoms with E-state index >= 15 is 0 Å². The molecule has 1 saturated carbocycles. The molecule has 6 nitrogen and oxygen atoms in total. The number of aryl methyl sites for hydroxylation is 1. The van der Waals surface area contributed by atoms with Crippen LogP contribution in [0.15, 0.2) is 4.90 Å². The normalized spacial score (nSPS) is 22.9. The first-order valence-corrected chi connectivity index (χ1v) is 8.42. The minimum Gasteiger partial charge on any atom is -0.381 e. The highest BCUT2D eigenvalue weighted by Crippen LogP contribution is 2.36. The molecule has 0 amide bonds. The van der Waals surface area contributed by atoms with E-state index in [-0.39, 0.29) is 22.2 Å². The van der Waals surface area contributed by atoms with Crippen LogP contribution >= 0.6 is 0 Å². The molecule has 0 spiro atoms. The van der Waals surface area contributed by atoms with Crippen LogP contribution in [0.3, 0.4) is 0 Å². The van der Waals surface area contributed by atoms with Gasteiger partial charge in [-0.25, -0.2) is 13.1 Å². The van der Waals surface area contributed by atoms with Gasteiger partial charge in [-0.15, -0.1) is 0 Å². The molecule has 1 aliphatic rings. The highest BCUT2D eigenvalue weighted by molar-refractivity contribution is 7.89. The summed E-state index contributed by atoms with van der Waals surface area (Å²) in [6.45, 7) is 6.07. The first-order chi connectivity index (χ1) is 9.12. The van der Waals surface area contributed by atoms with Crippen LogP contribution in [0.1, 0.15) is 45.2 Å². The van der Waals surface area contributed by atoms with Crippen molar-refractivity contribution in [1.82, 2.24) is 14.5 Å². The summed E-state index contributed by atoms with van der Waals surface area (Å²) in [4.78, 5) is 0.114. The molecule has 0 aliphatic heterocycles. The quantitative estimate of drug-likeness (QED) is 0.886. The Hall–Kier alpha value is -1.08. The van der Waals surface area contributed by atoms with Gasteiger partial charge >= 0.3 is 0 Å². The van der Waals surface area contributed by atoms with Crippen LogP contribution in [-0.4, -0.2) is 24.2 Å². The van der Waals surface area contributed by atoms with Crippen LogP contribution < -0.4 is 10.5 Å². The first kappa shape index (κ1) is 15.3. The second-order valence-electron chi connectivity index (χ2n) is 6.50. The molecule has 1 aliphatic carbocycles. The molecule has 0 saturated heterocycles. The van der Waals surface area contributed by atoms with E-state index in [0.717, 1.165) is 25.7 Å². The molecule has 20 heavy (non-hydrogen) atoms. The van der Waals surface area contributed by atoms with E-state index < -0.39 is 10.0 Å². The number of nitrogens with zero attached hydrogens (tertiary/aromatic N) is 2. The van der Waals surface area contributed by atoms with Crippen molar-refractivity contribution in [2.75, 3.05) is 5.73 Å². The SMILES string of the molecule is Cc1c(S(=O)(=O)NC2CCCC(C)(C)C2)c(N)nn1C. The lowest BCUT2D eigenvalue weighted by Crippen LogP contribution is -2.40.